The maximum absolute atomic E-state index is 4.28. The van der Waals surface area contributed by atoms with Gasteiger partial charge in [0.15, 0.2) is 0 Å². The van der Waals surface area contributed by atoms with Crippen LogP contribution in [0, 0.1) is 0 Å². The molecule has 0 saturated carbocycles. The predicted molar refractivity (Wildman–Crippen MR) is 76.3 cm³/mol. The molecule has 0 fully saturated rings. The first kappa shape index (κ1) is 22.7. The van der Waals surface area contributed by atoms with E-state index in [4.69, 9.17) is 0 Å². The third kappa shape index (κ3) is 16.5. The van der Waals surface area contributed by atoms with Crippen molar-refractivity contribution in [3.63, 3.8) is 0 Å². The fourth-order valence-corrected chi connectivity index (χ4v) is 1.92. The first-order valence-electron chi connectivity index (χ1n) is 6.67. The third-order valence-corrected chi connectivity index (χ3v) is 2.29. The maximum Gasteiger partial charge on any atom is 1.00 e. The smallest absolute Gasteiger partial charge is 0.658 e. The molecule has 0 atom stereocenters. The summed E-state index contributed by atoms with van der Waals surface area (Å²) >= 11 is 0. The summed E-state index contributed by atoms with van der Waals surface area (Å²) in [5, 5.41) is 4.28. The summed E-state index contributed by atoms with van der Waals surface area (Å²) < 4.78 is 0. The van der Waals surface area contributed by atoms with Crippen molar-refractivity contribution in [2.24, 2.45) is 0 Å². The van der Waals surface area contributed by atoms with Crippen LogP contribution in [0.15, 0.2) is 0 Å². The normalized spacial score (nSPS) is 10.9. The Labute approximate surface area is 122 Å². The van der Waals surface area contributed by atoms with Crippen LogP contribution in [0.3, 0.4) is 0 Å². The fraction of sp³-hybridized carbons (Fsp3) is 1.00. The zero-order valence-corrected chi connectivity index (χ0v) is 13.9. The molecule has 0 aliphatic heterocycles. The van der Waals surface area contributed by atoms with Crippen molar-refractivity contribution in [1.82, 2.24) is 4.90 Å². The van der Waals surface area contributed by atoms with Crippen LogP contribution in [-0.2, 0) is 0 Å². The Balaban J connectivity index is -0.000000224. The minimum absolute atomic E-state index is 0. The molecule has 0 amide bonds. The van der Waals surface area contributed by atoms with Crippen molar-refractivity contribution in [3.05, 3.63) is 5.32 Å². The minimum atomic E-state index is 0. The largest absolute Gasteiger partial charge is 1.00 e. The topological polar surface area (TPSA) is 17.3 Å². The van der Waals surface area contributed by atoms with Crippen LogP contribution in [0.2, 0.25) is 0 Å². The Morgan fingerprint density at radius 3 is 1.06 bits per heavy atom. The molecule has 0 aliphatic carbocycles. The van der Waals surface area contributed by atoms with E-state index in [0.717, 1.165) is 6.54 Å². The van der Waals surface area contributed by atoms with Gasteiger partial charge < -0.3 is 5.32 Å². The second-order valence-corrected chi connectivity index (χ2v) is 5.35. The summed E-state index contributed by atoms with van der Waals surface area (Å²) in [5.41, 5.74) is 0. The molecule has 0 radical (unpaired) electrons. The average molecular weight is 236 g/mol. The second kappa shape index (κ2) is 13.0. The van der Waals surface area contributed by atoms with Gasteiger partial charge in [0, 0.05) is 12.1 Å². The van der Waals surface area contributed by atoms with E-state index in [0.29, 0.717) is 24.2 Å². The first-order chi connectivity index (χ1) is 7.22. The van der Waals surface area contributed by atoms with E-state index in [1.807, 2.05) is 0 Å². The van der Waals surface area contributed by atoms with Gasteiger partial charge in [0.2, 0.25) is 0 Å². The molecule has 100 valence electrons. The second-order valence-electron chi connectivity index (χ2n) is 5.35. The Morgan fingerprint density at radius 2 is 1.06 bits per heavy atom. The molecule has 0 rings (SSSR count). The van der Waals surface area contributed by atoms with Crippen molar-refractivity contribution in [1.29, 1.82) is 0 Å². The van der Waals surface area contributed by atoms with E-state index in [-0.39, 0.29) is 18.9 Å². The third-order valence-electron chi connectivity index (χ3n) is 2.29. The summed E-state index contributed by atoms with van der Waals surface area (Å²) in [6.45, 7) is 20.7. The minimum Gasteiger partial charge on any atom is -0.658 e. The van der Waals surface area contributed by atoms with Crippen LogP contribution in [0.25, 0.3) is 5.32 Å². The number of nitrogens with zero attached hydrogens (tertiary/aromatic N) is 2. The van der Waals surface area contributed by atoms with Gasteiger partial charge in [0.25, 0.3) is 0 Å². The first-order valence-corrected chi connectivity index (χ1v) is 6.67. The number of rotatable bonds is 5. The van der Waals surface area contributed by atoms with Gasteiger partial charge in [-0.15, -0.1) is 12.1 Å². The maximum atomic E-state index is 4.28. The van der Waals surface area contributed by atoms with Crippen molar-refractivity contribution >= 4 is 0 Å². The molecule has 0 aromatic rings. The van der Waals surface area contributed by atoms with E-state index in [9.17, 15) is 0 Å². The van der Waals surface area contributed by atoms with Crippen LogP contribution >= 0.6 is 0 Å². The zero-order valence-electron chi connectivity index (χ0n) is 13.9. The molecule has 0 spiro atoms. The monoisotopic (exact) mass is 236 g/mol. The van der Waals surface area contributed by atoms with E-state index in [2.05, 4.69) is 72.5 Å². The van der Waals surface area contributed by atoms with Gasteiger partial charge >= 0.3 is 18.9 Å². The van der Waals surface area contributed by atoms with Gasteiger partial charge in [0.05, 0.1) is 0 Å². The van der Waals surface area contributed by atoms with E-state index in [1.54, 1.807) is 0 Å². The molecule has 0 heterocycles. The molecule has 0 unspecified atom stereocenters. The molecular weight excluding hydrogens is 203 g/mol. The Kier molecular flexibility index (Phi) is 17.3. The Hall–Kier alpha value is 0.517. The molecule has 0 saturated heterocycles. The number of hydrogen-bond acceptors (Lipinski definition) is 1. The summed E-state index contributed by atoms with van der Waals surface area (Å²) in [6, 6.07) is 2.38. The van der Waals surface area contributed by atoms with Gasteiger partial charge in [-0.25, -0.2) is 0 Å². The van der Waals surface area contributed by atoms with Crippen molar-refractivity contribution < 1.29 is 18.9 Å². The predicted octanol–water partition coefficient (Wildman–Crippen LogP) is 1.31. The summed E-state index contributed by atoms with van der Waals surface area (Å²) in [5.74, 6) is 0. The van der Waals surface area contributed by atoms with E-state index < -0.39 is 0 Å². The van der Waals surface area contributed by atoms with Crippen molar-refractivity contribution in [2.75, 3.05) is 6.54 Å². The standard InChI is InChI=1S/C8H19N.C6H14N.Li/c1-6-9(7(2)3)8(4)5;1-5(2)7-6(3)4;/h7-8H,6H2,1-5H3;5-6H,1-4H3;/q;-1;+1. The fourth-order valence-electron chi connectivity index (χ4n) is 1.92. The molecule has 0 bridgehead atoms. The summed E-state index contributed by atoms with van der Waals surface area (Å²) in [6.07, 6.45) is 0. The summed E-state index contributed by atoms with van der Waals surface area (Å²) in [7, 11) is 0. The van der Waals surface area contributed by atoms with Crippen molar-refractivity contribution in [2.45, 2.75) is 86.5 Å². The van der Waals surface area contributed by atoms with Crippen LogP contribution < -0.4 is 18.9 Å². The Morgan fingerprint density at radius 1 is 0.765 bits per heavy atom. The average Bonchev–Trinajstić information content (AvgIpc) is 2.01. The van der Waals surface area contributed by atoms with Gasteiger partial charge in [-0.1, -0.05) is 34.6 Å². The zero-order chi connectivity index (χ0) is 13.3. The molecule has 17 heavy (non-hydrogen) atoms. The molecule has 2 nitrogen and oxygen atoms in total. The quantitative estimate of drug-likeness (QED) is 0.658. The molecule has 3 heteroatoms. The van der Waals surface area contributed by atoms with Gasteiger partial charge in [-0.3, -0.25) is 4.90 Å². The van der Waals surface area contributed by atoms with Crippen LogP contribution in [0.4, 0.5) is 0 Å². The van der Waals surface area contributed by atoms with Crippen LogP contribution in [0.5, 0.6) is 0 Å². The molecular formula is C14H33LiN2. The number of hydrogen-bond donors (Lipinski definition) is 0. The summed E-state index contributed by atoms with van der Waals surface area (Å²) in [4.78, 5) is 2.46. The molecule has 0 N–H and O–H groups in total. The van der Waals surface area contributed by atoms with Crippen molar-refractivity contribution in [3.8, 4) is 0 Å². The molecule has 0 aromatic heterocycles. The van der Waals surface area contributed by atoms with E-state index >= 15 is 0 Å². The van der Waals surface area contributed by atoms with Gasteiger partial charge in [-0.2, -0.15) is 0 Å². The van der Waals surface area contributed by atoms with Gasteiger partial charge in [0.1, 0.15) is 0 Å². The van der Waals surface area contributed by atoms with Crippen LogP contribution in [-0.4, -0.2) is 35.6 Å². The SMILES string of the molecule is CC(C)[N-]C(C)C.CCN(C(C)C)C(C)C.[Li+]. The van der Waals surface area contributed by atoms with Gasteiger partial charge in [-0.05, 0) is 34.2 Å². The van der Waals surface area contributed by atoms with E-state index in [1.165, 1.54) is 0 Å². The molecule has 0 aromatic carbocycles. The van der Waals surface area contributed by atoms with Crippen LogP contribution in [0.1, 0.15) is 62.3 Å². The molecule has 0 aliphatic rings. The Bertz CT molecular complexity index is 131.